The van der Waals surface area contributed by atoms with Crippen LogP contribution < -0.4 is 10.1 Å². The maximum Gasteiger partial charge on any atom is 0.118 e. The molecule has 1 heterocycles. The van der Waals surface area contributed by atoms with Gasteiger partial charge in [-0.05, 0) is 44.4 Å². The molecule has 0 aliphatic carbocycles. The molecule has 1 N–H and O–H groups in total. The third kappa shape index (κ3) is 5.16. The lowest BCUT2D eigenvalue weighted by atomic mass is 10.1. The maximum absolute atomic E-state index is 5.17. The van der Waals surface area contributed by atoms with Crippen molar-refractivity contribution >= 4 is 0 Å². The third-order valence-electron chi connectivity index (χ3n) is 3.49. The highest BCUT2D eigenvalue weighted by Gasteiger charge is 2.04. The van der Waals surface area contributed by atoms with Crippen LogP contribution in [0.1, 0.15) is 30.3 Å². The summed E-state index contributed by atoms with van der Waals surface area (Å²) in [6.45, 7) is 4.91. The Labute approximate surface area is 126 Å². The van der Waals surface area contributed by atoms with E-state index in [9.17, 15) is 0 Å². The summed E-state index contributed by atoms with van der Waals surface area (Å²) in [5.74, 6) is 0.905. The van der Waals surface area contributed by atoms with Crippen molar-refractivity contribution in [3.05, 3.63) is 53.6 Å². The highest BCUT2D eigenvalue weighted by molar-refractivity contribution is 5.27. The molecule has 0 amide bonds. The zero-order valence-corrected chi connectivity index (χ0v) is 13.0. The van der Waals surface area contributed by atoms with Crippen LogP contribution in [0.4, 0.5) is 0 Å². The Hall–Kier alpha value is -1.94. The predicted octanol–water partition coefficient (Wildman–Crippen LogP) is 2.90. The van der Waals surface area contributed by atoms with Gasteiger partial charge in [0.05, 0.1) is 18.5 Å². The Morgan fingerprint density at radius 1 is 1.14 bits per heavy atom. The number of hydrogen-bond donors (Lipinski definition) is 1. The number of methoxy groups -OCH3 is 1. The molecule has 0 spiro atoms. The van der Waals surface area contributed by atoms with Crippen molar-refractivity contribution < 1.29 is 4.74 Å². The van der Waals surface area contributed by atoms with E-state index in [1.165, 1.54) is 5.56 Å². The van der Waals surface area contributed by atoms with Crippen LogP contribution >= 0.6 is 0 Å². The third-order valence-corrected chi connectivity index (χ3v) is 3.49. The standard InChI is InChI=1S/C17H23N3O/c1-13(18-11-16-12-19-14(2)10-20-16)4-5-15-6-8-17(21-3)9-7-15/h6-10,12-13,18H,4-5,11H2,1-3H3. The lowest BCUT2D eigenvalue weighted by Crippen LogP contribution is -2.26. The number of nitrogens with one attached hydrogen (secondary N) is 1. The first-order valence-corrected chi connectivity index (χ1v) is 7.31. The molecule has 112 valence electrons. The molecule has 0 radical (unpaired) electrons. The molecule has 4 nitrogen and oxygen atoms in total. The monoisotopic (exact) mass is 285 g/mol. The smallest absolute Gasteiger partial charge is 0.118 e. The van der Waals surface area contributed by atoms with Gasteiger partial charge in [-0.1, -0.05) is 12.1 Å². The molecule has 0 saturated carbocycles. The van der Waals surface area contributed by atoms with E-state index in [-0.39, 0.29) is 0 Å². The molecule has 2 rings (SSSR count). The van der Waals surface area contributed by atoms with Gasteiger partial charge < -0.3 is 10.1 Å². The summed E-state index contributed by atoms with van der Waals surface area (Å²) in [6, 6.07) is 8.70. The van der Waals surface area contributed by atoms with Crippen LogP contribution in [0.25, 0.3) is 0 Å². The van der Waals surface area contributed by atoms with E-state index < -0.39 is 0 Å². The van der Waals surface area contributed by atoms with E-state index in [2.05, 4.69) is 34.3 Å². The number of aryl methyl sites for hydroxylation is 2. The van der Waals surface area contributed by atoms with Gasteiger partial charge in [0.1, 0.15) is 5.75 Å². The largest absolute Gasteiger partial charge is 0.497 e. The van der Waals surface area contributed by atoms with Crippen molar-refractivity contribution in [2.24, 2.45) is 0 Å². The van der Waals surface area contributed by atoms with E-state index >= 15 is 0 Å². The second-order valence-electron chi connectivity index (χ2n) is 5.32. The van der Waals surface area contributed by atoms with Crippen LogP contribution in [0.3, 0.4) is 0 Å². The van der Waals surface area contributed by atoms with Crippen LogP contribution in [0.5, 0.6) is 5.75 Å². The Morgan fingerprint density at radius 3 is 2.52 bits per heavy atom. The number of aromatic nitrogens is 2. The average Bonchev–Trinajstić information content (AvgIpc) is 2.53. The van der Waals surface area contributed by atoms with Gasteiger partial charge >= 0.3 is 0 Å². The highest BCUT2D eigenvalue weighted by atomic mass is 16.5. The summed E-state index contributed by atoms with van der Waals surface area (Å²) in [4.78, 5) is 8.60. The van der Waals surface area contributed by atoms with E-state index in [0.29, 0.717) is 6.04 Å². The van der Waals surface area contributed by atoms with Gasteiger partial charge in [0.25, 0.3) is 0 Å². The molecule has 21 heavy (non-hydrogen) atoms. The molecule has 1 unspecified atom stereocenters. The van der Waals surface area contributed by atoms with Crippen molar-refractivity contribution in [2.75, 3.05) is 7.11 Å². The number of ether oxygens (including phenoxy) is 1. The van der Waals surface area contributed by atoms with Crippen molar-refractivity contribution in [1.82, 2.24) is 15.3 Å². The van der Waals surface area contributed by atoms with Crippen LogP contribution in [-0.4, -0.2) is 23.1 Å². The van der Waals surface area contributed by atoms with Crippen molar-refractivity contribution in [1.29, 1.82) is 0 Å². The number of hydrogen-bond acceptors (Lipinski definition) is 4. The molecule has 0 aliphatic rings. The normalized spacial score (nSPS) is 12.1. The van der Waals surface area contributed by atoms with Crippen molar-refractivity contribution in [2.45, 2.75) is 39.3 Å². The Kier molecular flexibility index (Phi) is 5.69. The molecule has 4 heteroatoms. The minimum Gasteiger partial charge on any atom is -0.497 e. The minimum absolute atomic E-state index is 0.440. The fraction of sp³-hybridized carbons (Fsp3) is 0.412. The summed E-state index contributed by atoms with van der Waals surface area (Å²) in [5.41, 5.74) is 3.27. The lowest BCUT2D eigenvalue weighted by molar-refractivity contribution is 0.414. The first-order valence-electron chi connectivity index (χ1n) is 7.31. The summed E-state index contributed by atoms with van der Waals surface area (Å²) >= 11 is 0. The zero-order chi connectivity index (χ0) is 15.1. The molecule has 0 bridgehead atoms. The van der Waals surface area contributed by atoms with E-state index in [4.69, 9.17) is 4.74 Å². The van der Waals surface area contributed by atoms with E-state index in [1.807, 2.05) is 25.3 Å². The average molecular weight is 285 g/mol. The van der Waals surface area contributed by atoms with Gasteiger partial charge in [-0.15, -0.1) is 0 Å². The zero-order valence-electron chi connectivity index (χ0n) is 13.0. The molecule has 1 atom stereocenters. The first-order chi connectivity index (χ1) is 10.2. The van der Waals surface area contributed by atoms with Crippen LogP contribution in [0, 0.1) is 6.92 Å². The molecular weight excluding hydrogens is 262 g/mol. The van der Waals surface area contributed by atoms with Crippen LogP contribution in [0.2, 0.25) is 0 Å². The fourth-order valence-corrected chi connectivity index (χ4v) is 2.07. The van der Waals surface area contributed by atoms with Gasteiger partial charge in [0.15, 0.2) is 0 Å². The second kappa shape index (κ2) is 7.74. The highest BCUT2D eigenvalue weighted by Crippen LogP contribution is 2.13. The number of benzene rings is 1. The summed E-state index contributed by atoms with van der Waals surface area (Å²) in [7, 11) is 1.69. The van der Waals surface area contributed by atoms with Gasteiger partial charge in [0.2, 0.25) is 0 Å². The Morgan fingerprint density at radius 2 is 1.90 bits per heavy atom. The summed E-state index contributed by atoms with van der Waals surface area (Å²) in [6.07, 6.45) is 5.78. The Bertz CT molecular complexity index is 537. The van der Waals surface area contributed by atoms with Crippen molar-refractivity contribution in [3.8, 4) is 5.75 Å². The Balaban J connectivity index is 1.73. The quantitative estimate of drug-likeness (QED) is 0.849. The summed E-state index contributed by atoms with van der Waals surface area (Å²) < 4.78 is 5.17. The fourth-order valence-electron chi connectivity index (χ4n) is 2.07. The van der Waals surface area contributed by atoms with E-state index in [0.717, 1.165) is 36.5 Å². The molecule has 1 aromatic heterocycles. The number of nitrogens with zero attached hydrogens (tertiary/aromatic N) is 2. The molecule has 0 aliphatic heterocycles. The summed E-state index contributed by atoms with van der Waals surface area (Å²) in [5, 5.41) is 3.48. The minimum atomic E-state index is 0.440. The van der Waals surface area contributed by atoms with Crippen molar-refractivity contribution in [3.63, 3.8) is 0 Å². The SMILES string of the molecule is COc1ccc(CCC(C)NCc2cnc(C)cn2)cc1. The molecule has 2 aromatic rings. The van der Waals surface area contributed by atoms with Crippen LogP contribution in [-0.2, 0) is 13.0 Å². The lowest BCUT2D eigenvalue weighted by Gasteiger charge is -2.13. The predicted molar refractivity (Wildman–Crippen MR) is 84.4 cm³/mol. The van der Waals surface area contributed by atoms with Gasteiger partial charge in [-0.2, -0.15) is 0 Å². The van der Waals surface area contributed by atoms with Gasteiger partial charge in [-0.3, -0.25) is 9.97 Å². The maximum atomic E-state index is 5.17. The number of rotatable bonds is 7. The van der Waals surface area contributed by atoms with Crippen LogP contribution in [0.15, 0.2) is 36.7 Å². The molecular formula is C17H23N3O. The first kappa shape index (κ1) is 15.4. The topological polar surface area (TPSA) is 47.0 Å². The molecule has 0 fully saturated rings. The molecule has 1 aromatic carbocycles. The van der Waals surface area contributed by atoms with Gasteiger partial charge in [-0.25, -0.2) is 0 Å². The van der Waals surface area contributed by atoms with Gasteiger partial charge in [0, 0.05) is 25.0 Å². The second-order valence-corrected chi connectivity index (χ2v) is 5.32. The van der Waals surface area contributed by atoms with E-state index in [1.54, 1.807) is 13.3 Å². The molecule has 0 saturated heterocycles.